The van der Waals surface area contributed by atoms with Gasteiger partial charge in [-0.2, -0.15) is 0 Å². The molecule has 0 radical (unpaired) electrons. The smallest absolute Gasteiger partial charge is 0.319 e. The van der Waals surface area contributed by atoms with E-state index >= 15 is 0 Å². The molecule has 1 saturated heterocycles. The van der Waals surface area contributed by atoms with Crippen LogP contribution >= 0.6 is 0 Å². The summed E-state index contributed by atoms with van der Waals surface area (Å²) in [5, 5.41) is 26.7. The molecule has 0 saturated carbocycles. The molecule has 1 aliphatic rings. The molecule has 7 rings (SSSR count). The van der Waals surface area contributed by atoms with Crippen molar-refractivity contribution in [1.29, 1.82) is 0 Å². The molecule has 0 bridgehead atoms. The molecular weight excluding hydrogens is 727 g/mol. The first-order valence-corrected chi connectivity index (χ1v) is 19.7. The summed E-state index contributed by atoms with van der Waals surface area (Å²) in [6.45, 7) is 5.10. The topological polar surface area (TPSA) is 113 Å². The van der Waals surface area contributed by atoms with Crippen LogP contribution in [0, 0.1) is 5.92 Å². The first-order valence-electron chi connectivity index (χ1n) is 19.7. The van der Waals surface area contributed by atoms with Crippen LogP contribution in [-0.2, 0) is 22.6 Å². The van der Waals surface area contributed by atoms with Crippen molar-refractivity contribution in [3.05, 3.63) is 186 Å². The van der Waals surface area contributed by atoms with E-state index in [-0.39, 0.29) is 36.8 Å². The molecule has 58 heavy (non-hydrogen) atoms. The molecule has 1 fully saturated rings. The molecule has 6 atom stereocenters. The van der Waals surface area contributed by atoms with Gasteiger partial charge in [0.2, 0.25) is 0 Å². The lowest BCUT2D eigenvalue weighted by Crippen LogP contribution is -2.46. The van der Waals surface area contributed by atoms with E-state index in [0.29, 0.717) is 24.5 Å². The van der Waals surface area contributed by atoms with Crippen LogP contribution in [0.3, 0.4) is 0 Å². The number of rotatable bonds is 14. The van der Waals surface area contributed by atoms with Crippen molar-refractivity contribution in [3.8, 4) is 22.6 Å². The molecule has 2 amide bonds. The molecule has 1 aliphatic heterocycles. The van der Waals surface area contributed by atoms with E-state index in [1.807, 2.05) is 135 Å². The fraction of sp³-hybridized carbons (Fsp3) is 0.245. The van der Waals surface area contributed by atoms with Crippen LogP contribution in [0.1, 0.15) is 60.2 Å². The van der Waals surface area contributed by atoms with Crippen molar-refractivity contribution >= 4 is 11.7 Å². The van der Waals surface area contributed by atoms with Gasteiger partial charge in [0.15, 0.2) is 6.29 Å². The summed E-state index contributed by atoms with van der Waals surface area (Å²) in [6, 6.07) is 50.3. The summed E-state index contributed by atoms with van der Waals surface area (Å²) in [4.78, 5) is 14.9. The molecule has 9 heteroatoms. The van der Waals surface area contributed by atoms with Gasteiger partial charge in [0.25, 0.3) is 0 Å². The van der Waals surface area contributed by atoms with E-state index in [1.54, 1.807) is 12.1 Å². The minimum Gasteiger partial charge on any atom is -0.457 e. The third-order valence-corrected chi connectivity index (χ3v) is 10.9. The minimum absolute atomic E-state index is 0.00229. The standard InChI is InChI=1S/C49H51N3O6/c1-33-45(31-52(3)34(2)46(54)38-12-6-4-7-13-38)57-48(58-47(33)39-19-17-35(32-53)18-20-39)40-23-21-37(22-24-40)41-14-10-11-36(29-41)30-50-49(55)51-42-25-27-44(28-26-42)56-43-15-8-5-9-16-43/h4-29,33-34,45-48,53-54H,30-32H2,1-3H3,(H2,50,51,55)/t33-,34-,45+,46-,47+,48+/m1/s1. The summed E-state index contributed by atoms with van der Waals surface area (Å²) >= 11 is 0. The fourth-order valence-electron chi connectivity index (χ4n) is 7.23. The second-order valence-corrected chi connectivity index (χ2v) is 14.9. The van der Waals surface area contributed by atoms with Crippen molar-refractivity contribution in [3.63, 3.8) is 0 Å². The quantitative estimate of drug-likeness (QED) is 0.0872. The Hall–Kier alpha value is -5.81. The van der Waals surface area contributed by atoms with Gasteiger partial charge in [0, 0.05) is 36.3 Å². The van der Waals surface area contributed by atoms with Gasteiger partial charge >= 0.3 is 6.03 Å². The largest absolute Gasteiger partial charge is 0.457 e. The SMILES string of the molecule is C[C@@H]1[C@H](CN(C)[C@H](C)[C@@H](O)c2ccccc2)O[C@H](c2ccc(-c3cccc(CNC(=O)Nc4ccc(Oc5ccccc5)cc4)c3)cc2)O[C@@H]1c1ccc(CO)cc1. The molecule has 0 unspecified atom stereocenters. The Bertz CT molecular complexity index is 2200. The molecule has 1 heterocycles. The van der Waals surface area contributed by atoms with E-state index in [0.717, 1.165) is 44.7 Å². The zero-order valence-corrected chi connectivity index (χ0v) is 33.1. The van der Waals surface area contributed by atoms with Gasteiger partial charge in [-0.25, -0.2) is 4.79 Å². The van der Waals surface area contributed by atoms with Crippen LogP contribution in [-0.4, -0.2) is 46.9 Å². The third-order valence-electron chi connectivity index (χ3n) is 10.9. The lowest BCUT2D eigenvalue weighted by molar-refractivity contribution is -0.276. The zero-order chi connectivity index (χ0) is 40.4. The molecule has 6 aromatic rings. The number of aliphatic hydroxyl groups is 2. The van der Waals surface area contributed by atoms with Crippen LogP contribution in [0.2, 0.25) is 0 Å². The highest BCUT2D eigenvalue weighted by Crippen LogP contribution is 2.42. The summed E-state index contributed by atoms with van der Waals surface area (Å²) in [5.41, 5.74) is 7.30. The number of carbonyl (C=O) groups excluding carboxylic acids is 1. The summed E-state index contributed by atoms with van der Waals surface area (Å²) in [7, 11) is 2.02. The Morgan fingerprint density at radius 2 is 1.40 bits per heavy atom. The average Bonchev–Trinajstić information content (AvgIpc) is 3.27. The Morgan fingerprint density at radius 1 is 0.741 bits per heavy atom. The molecule has 0 aromatic heterocycles. The number of amides is 2. The lowest BCUT2D eigenvalue weighted by Gasteiger charge is -2.43. The second kappa shape index (κ2) is 19.1. The number of para-hydroxylation sites is 1. The van der Waals surface area contributed by atoms with Crippen molar-refractivity contribution in [1.82, 2.24) is 10.2 Å². The van der Waals surface area contributed by atoms with E-state index in [9.17, 15) is 15.0 Å². The summed E-state index contributed by atoms with van der Waals surface area (Å²) in [5.74, 6) is 1.43. The van der Waals surface area contributed by atoms with Crippen molar-refractivity contribution < 1.29 is 29.2 Å². The number of ether oxygens (including phenoxy) is 3. The number of carbonyl (C=O) groups is 1. The maximum absolute atomic E-state index is 12.8. The highest BCUT2D eigenvalue weighted by Gasteiger charge is 2.39. The highest BCUT2D eigenvalue weighted by molar-refractivity contribution is 5.89. The monoisotopic (exact) mass is 777 g/mol. The maximum Gasteiger partial charge on any atom is 0.319 e. The van der Waals surface area contributed by atoms with Gasteiger partial charge in [-0.1, -0.05) is 122 Å². The van der Waals surface area contributed by atoms with Crippen LogP contribution in [0.4, 0.5) is 10.5 Å². The van der Waals surface area contributed by atoms with Crippen molar-refractivity contribution in [2.45, 2.75) is 57.6 Å². The molecule has 298 valence electrons. The third kappa shape index (κ3) is 10.2. The van der Waals surface area contributed by atoms with Gasteiger partial charge < -0.3 is 35.1 Å². The van der Waals surface area contributed by atoms with Crippen molar-refractivity contribution in [2.24, 2.45) is 5.92 Å². The van der Waals surface area contributed by atoms with E-state index in [4.69, 9.17) is 14.2 Å². The number of nitrogens with zero attached hydrogens (tertiary/aromatic N) is 1. The van der Waals surface area contributed by atoms with Crippen LogP contribution < -0.4 is 15.4 Å². The number of hydrogen-bond acceptors (Lipinski definition) is 7. The Labute approximate surface area is 340 Å². The predicted molar refractivity (Wildman–Crippen MR) is 227 cm³/mol. The Kier molecular flexibility index (Phi) is 13.3. The second-order valence-electron chi connectivity index (χ2n) is 14.9. The van der Waals surface area contributed by atoms with Crippen LogP contribution in [0.25, 0.3) is 11.1 Å². The van der Waals surface area contributed by atoms with Crippen LogP contribution in [0.5, 0.6) is 11.5 Å². The average molecular weight is 778 g/mol. The normalized spacial score (nSPS) is 18.9. The number of benzene rings is 6. The van der Waals surface area contributed by atoms with Gasteiger partial charge in [-0.3, -0.25) is 4.90 Å². The summed E-state index contributed by atoms with van der Waals surface area (Å²) < 4.78 is 19.3. The Morgan fingerprint density at radius 3 is 2.09 bits per heavy atom. The zero-order valence-electron chi connectivity index (χ0n) is 33.1. The van der Waals surface area contributed by atoms with E-state index in [1.165, 1.54) is 0 Å². The molecule has 0 spiro atoms. The van der Waals surface area contributed by atoms with Crippen molar-refractivity contribution in [2.75, 3.05) is 18.9 Å². The minimum atomic E-state index is -0.650. The Balaban J connectivity index is 0.999. The van der Waals surface area contributed by atoms with Gasteiger partial charge in [-0.05, 0) is 89.8 Å². The number of anilines is 1. The number of likely N-dealkylation sites (N-methyl/N-ethyl adjacent to an activating group) is 1. The first-order chi connectivity index (χ1) is 28.2. The predicted octanol–water partition coefficient (Wildman–Crippen LogP) is 9.81. The molecule has 9 nitrogen and oxygen atoms in total. The molecule has 6 aromatic carbocycles. The maximum atomic E-state index is 12.8. The number of nitrogens with one attached hydrogen (secondary N) is 2. The van der Waals surface area contributed by atoms with E-state index in [2.05, 4.69) is 46.7 Å². The van der Waals surface area contributed by atoms with Crippen LogP contribution in [0.15, 0.2) is 158 Å². The highest BCUT2D eigenvalue weighted by atomic mass is 16.7. The van der Waals surface area contributed by atoms with Gasteiger partial charge in [0.05, 0.1) is 24.9 Å². The van der Waals surface area contributed by atoms with Gasteiger partial charge in [-0.15, -0.1) is 0 Å². The molecule has 0 aliphatic carbocycles. The first kappa shape index (κ1) is 40.4. The van der Waals surface area contributed by atoms with E-state index < -0.39 is 12.4 Å². The number of hydrogen-bond donors (Lipinski definition) is 4. The molecule has 4 N–H and O–H groups in total. The number of aliphatic hydroxyl groups excluding tert-OH is 2. The molecular formula is C49H51N3O6. The fourth-order valence-corrected chi connectivity index (χ4v) is 7.23. The number of urea groups is 1. The lowest BCUT2D eigenvalue weighted by atomic mass is 9.89. The summed E-state index contributed by atoms with van der Waals surface area (Å²) in [6.07, 6.45) is -1.73. The van der Waals surface area contributed by atoms with Gasteiger partial charge in [0.1, 0.15) is 11.5 Å².